The average Bonchev–Trinajstić information content (AvgIpc) is 2.83. The molecular weight excluding hydrogens is 286 g/mol. The Morgan fingerprint density at radius 1 is 1.32 bits per heavy atom. The molecule has 0 fully saturated rings. The van der Waals surface area contributed by atoms with E-state index in [9.17, 15) is 14.9 Å². The number of carbonyl (C=O) groups is 1. The van der Waals surface area contributed by atoms with E-state index in [0.29, 0.717) is 11.5 Å². The topological polar surface area (TPSA) is 97.7 Å². The molecule has 0 aliphatic carbocycles. The minimum absolute atomic E-state index is 0.144. The second-order valence-corrected chi connectivity index (χ2v) is 4.77. The fraction of sp³-hybridized carbons (Fsp3) is 0.200. The summed E-state index contributed by atoms with van der Waals surface area (Å²) >= 11 is 0. The number of hydrazone groups is 1. The van der Waals surface area contributed by atoms with E-state index < -0.39 is 10.8 Å². The molecule has 0 unspecified atom stereocenters. The van der Waals surface area contributed by atoms with Gasteiger partial charge in [-0.25, -0.2) is 5.43 Å². The summed E-state index contributed by atoms with van der Waals surface area (Å²) in [5, 5.41) is 14.7. The van der Waals surface area contributed by atoms with E-state index in [4.69, 9.17) is 4.42 Å². The van der Waals surface area contributed by atoms with Crippen molar-refractivity contribution >= 4 is 17.3 Å². The number of hydrogen-bond donors (Lipinski definition) is 1. The molecule has 1 N–H and O–H groups in total. The zero-order valence-electron chi connectivity index (χ0n) is 12.4. The summed E-state index contributed by atoms with van der Waals surface area (Å²) in [6.45, 7) is 5.38. The van der Waals surface area contributed by atoms with Gasteiger partial charge in [-0.2, -0.15) is 5.10 Å². The Morgan fingerprint density at radius 2 is 2.05 bits per heavy atom. The standard InChI is InChI=1S/C15H15N3O4/c1-9-7-14(11(3)22-9)10(2)16-17-15(19)12-5-4-6-13(8-12)18(20)21/h4-8H,1-3H3,(H,17,19)/b16-10-. The Kier molecular flexibility index (Phi) is 4.36. The van der Waals surface area contributed by atoms with Crippen molar-refractivity contribution in [2.45, 2.75) is 20.8 Å². The second-order valence-electron chi connectivity index (χ2n) is 4.77. The number of furan rings is 1. The number of nitrogens with zero attached hydrogens (tertiary/aromatic N) is 2. The van der Waals surface area contributed by atoms with Crippen LogP contribution in [0.3, 0.4) is 0 Å². The average molecular weight is 301 g/mol. The van der Waals surface area contributed by atoms with Gasteiger partial charge in [0.25, 0.3) is 11.6 Å². The first-order valence-corrected chi connectivity index (χ1v) is 6.55. The van der Waals surface area contributed by atoms with Crippen LogP contribution in [-0.2, 0) is 0 Å². The van der Waals surface area contributed by atoms with Crippen LogP contribution in [0.15, 0.2) is 39.9 Å². The van der Waals surface area contributed by atoms with Crippen molar-refractivity contribution in [2.24, 2.45) is 5.10 Å². The minimum Gasteiger partial charge on any atom is -0.466 e. The van der Waals surface area contributed by atoms with Crippen molar-refractivity contribution in [1.82, 2.24) is 5.43 Å². The third-order valence-corrected chi connectivity index (χ3v) is 3.08. The molecule has 2 rings (SSSR count). The van der Waals surface area contributed by atoms with Crippen LogP contribution in [0.1, 0.15) is 34.4 Å². The summed E-state index contributed by atoms with van der Waals surface area (Å²) in [6.07, 6.45) is 0. The smallest absolute Gasteiger partial charge is 0.271 e. The van der Waals surface area contributed by atoms with Crippen molar-refractivity contribution in [3.63, 3.8) is 0 Å². The van der Waals surface area contributed by atoms with Gasteiger partial charge in [-0.1, -0.05) is 6.07 Å². The number of rotatable bonds is 4. The highest BCUT2D eigenvalue weighted by Gasteiger charge is 2.12. The monoisotopic (exact) mass is 301 g/mol. The minimum atomic E-state index is -0.553. The lowest BCUT2D eigenvalue weighted by Crippen LogP contribution is -2.19. The van der Waals surface area contributed by atoms with Crippen LogP contribution in [0, 0.1) is 24.0 Å². The molecule has 1 aromatic carbocycles. The summed E-state index contributed by atoms with van der Waals surface area (Å²) in [4.78, 5) is 22.1. The molecule has 0 aliphatic heterocycles. The predicted octanol–water partition coefficient (Wildman–Crippen LogP) is 2.96. The van der Waals surface area contributed by atoms with Crippen LogP contribution in [0.25, 0.3) is 0 Å². The Morgan fingerprint density at radius 3 is 2.64 bits per heavy atom. The molecule has 1 aromatic heterocycles. The number of benzene rings is 1. The summed E-state index contributed by atoms with van der Waals surface area (Å²) < 4.78 is 5.40. The number of nitro groups is 1. The van der Waals surface area contributed by atoms with Gasteiger partial charge < -0.3 is 4.42 Å². The van der Waals surface area contributed by atoms with E-state index in [1.165, 1.54) is 24.3 Å². The highest BCUT2D eigenvalue weighted by atomic mass is 16.6. The van der Waals surface area contributed by atoms with Gasteiger partial charge in [0, 0.05) is 23.3 Å². The molecule has 22 heavy (non-hydrogen) atoms. The zero-order valence-corrected chi connectivity index (χ0v) is 12.4. The fourth-order valence-corrected chi connectivity index (χ4v) is 2.01. The lowest BCUT2D eigenvalue weighted by Gasteiger charge is -2.02. The van der Waals surface area contributed by atoms with Crippen LogP contribution in [-0.4, -0.2) is 16.5 Å². The van der Waals surface area contributed by atoms with Gasteiger partial charge in [-0.05, 0) is 32.9 Å². The summed E-state index contributed by atoms with van der Waals surface area (Å²) in [6, 6.07) is 7.29. The molecule has 0 bridgehead atoms. The molecule has 7 heteroatoms. The molecule has 1 heterocycles. The number of aryl methyl sites for hydroxylation is 2. The van der Waals surface area contributed by atoms with Gasteiger partial charge in [0.1, 0.15) is 11.5 Å². The normalized spacial score (nSPS) is 11.3. The largest absolute Gasteiger partial charge is 0.466 e. The van der Waals surface area contributed by atoms with E-state index in [0.717, 1.165) is 11.3 Å². The van der Waals surface area contributed by atoms with Crippen molar-refractivity contribution in [1.29, 1.82) is 0 Å². The lowest BCUT2D eigenvalue weighted by molar-refractivity contribution is -0.384. The zero-order chi connectivity index (χ0) is 16.3. The van der Waals surface area contributed by atoms with Crippen molar-refractivity contribution in [3.8, 4) is 0 Å². The highest BCUT2D eigenvalue weighted by molar-refractivity contribution is 6.01. The van der Waals surface area contributed by atoms with Gasteiger partial charge >= 0.3 is 0 Å². The maximum absolute atomic E-state index is 12.0. The molecule has 7 nitrogen and oxygen atoms in total. The predicted molar refractivity (Wildman–Crippen MR) is 81.0 cm³/mol. The first-order valence-electron chi connectivity index (χ1n) is 6.55. The number of amides is 1. The van der Waals surface area contributed by atoms with E-state index in [1.807, 2.05) is 19.9 Å². The molecule has 114 valence electrons. The van der Waals surface area contributed by atoms with Crippen molar-refractivity contribution in [3.05, 3.63) is 63.1 Å². The molecule has 2 aromatic rings. The molecule has 0 aliphatic rings. The SMILES string of the molecule is C/C(=N/NC(=O)c1cccc([N+](=O)[O-])c1)c1cc(C)oc1C. The molecule has 0 spiro atoms. The Hall–Kier alpha value is -2.96. The number of hydrogen-bond acceptors (Lipinski definition) is 5. The third kappa shape index (κ3) is 3.38. The van der Waals surface area contributed by atoms with Gasteiger partial charge in [0.05, 0.1) is 10.6 Å². The van der Waals surface area contributed by atoms with Gasteiger partial charge in [-0.3, -0.25) is 14.9 Å². The van der Waals surface area contributed by atoms with Crippen molar-refractivity contribution < 1.29 is 14.1 Å². The maximum atomic E-state index is 12.0. The van der Waals surface area contributed by atoms with E-state index in [-0.39, 0.29) is 11.3 Å². The van der Waals surface area contributed by atoms with Crippen LogP contribution >= 0.6 is 0 Å². The van der Waals surface area contributed by atoms with Crippen LogP contribution in [0.5, 0.6) is 0 Å². The highest BCUT2D eigenvalue weighted by Crippen LogP contribution is 2.15. The van der Waals surface area contributed by atoms with E-state index >= 15 is 0 Å². The fourth-order valence-electron chi connectivity index (χ4n) is 2.01. The summed E-state index contributed by atoms with van der Waals surface area (Å²) in [5.41, 5.74) is 3.81. The van der Waals surface area contributed by atoms with Gasteiger partial charge in [0.15, 0.2) is 0 Å². The first kappa shape index (κ1) is 15.4. The Labute approximate surface area is 126 Å². The molecule has 0 atom stereocenters. The third-order valence-electron chi connectivity index (χ3n) is 3.08. The van der Waals surface area contributed by atoms with Gasteiger partial charge in [0.2, 0.25) is 0 Å². The number of nitrogens with one attached hydrogen (secondary N) is 1. The van der Waals surface area contributed by atoms with Crippen molar-refractivity contribution in [2.75, 3.05) is 0 Å². The summed E-state index contributed by atoms with van der Waals surface area (Å²) in [7, 11) is 0. The first-order chi connectivity index (χ1) is 10.4. The number of non-ortho nitro benzene ring substituents is 1. The summed E-state index contributed by atoms with van der Waals surface area (Å²) in [5.74, 6) is 0.955. The molecule has 0 saturated carbocycles. The van der Waals surface area contributed by atoms with Crippen LogP contribution in [0.4, 0.5) is 5.69 Å². The Balaban J connectivity index is 2.15. The Bertz CT molecular complexity index is 762. The van der Waals surface area contributed by atoms with E-state index in [2.05, 4.69) is 10.5 Å². The van der Waals surface area contributed by atoms with Gasteiger partial charge in [-0.15, -0.1) is 0 Å². The van der Waals surface area contributed by atoms with Crippen LogP contribution < -0.4 is 5.43 Å². The molecule has 0 saturated heterocycles. The second kappa shape index (κ2) is 6.21. The maximum Gasteiger partial charge on any atom is 0.271 e. The number of nitro benzene ring substituents is 1. The lowest BCUT2D eigenvalue weighted by atomic mass is 10.2. The van der Waals surface area contributed by atoms with E-state index in [1.54, 1.807) is 6.92 Å². The number of carbonyl (C=O) groups excluding carboxylic acids is 1. The molecular formula is C15H15N3O4. The quantitative estimate of drug-likeness (QED) is 0.533. The van der Waals surface area contributed by atoms with Crippen LogP contribution in [0.2, 0.25) is 0 Å². The molecule has 1 amide bonds. The molecule has 0 radical (unpaired) electrons.